The molecule has 36 heavy (non-hydrogen) atoms. The minimum absolute atomic E-state index is 0.0118. The quantitative estimate of drug-likeness (QED) is 0.230. The molecule has 1 aliphatic heterocycles. The van der Waals surface area contributed by atoms with Crippen LogP contribution in [0, 0.1) is 17.0 Å². The van der Waals surface area contributed by atoms with E-state index < -0.39 is 35.2 Å². The molecule has 0 bridgehead atoms. The average molecular weight is 489 g/mol. The first-order valence-corrected chi connectivity index (χ1v) is 10.6. The molecule has 0 aliphatic carbocycles. The van der Waals surface area contributed by atoms with Gasteiger partial charge in [-0.1, -0.05) is 18.2 Å². The van der Waals surface area contributed by atoms with Gasteiger partial charge in [0.15, 0.2) is 6.61 Å². The molecule has 1 heterocycles. The second-order valence-electron chi connectivity index (χ2n) is 7.76. The summed E-state index contributed by atoms with van der Waals surface area (Å²) in [4.78, 5) is 61.9. The number of aryl methyl sites for hydroxylation is 1. The summed E-state index contributed by atoms with van der Waals surface area (Å²) in [5.41, 5.74) is 1.32. The van der Waals surface area contributed by atoms with Crippen LogP contribution in [0.1, 0.15) is 36.6 Å². The van der Waals surface area contributed by atoms with Crippen LogP contribution in [0.4, 0.5) is 17.1 Å². The molecule has 3 aromatic carbocycles. The molecule has 0 saturated carbocycles. The molecule has 0 radical (unpaired) electrons. The molecular formula is C25H19N3O8. The van der Waals surface area contributed by atoms with Crippen LogP contribution >= 0.6 is 0 Å². The highest BCUT2D eigenvalue weighted by atomic mass is 16.6. The predicted molar refractivity (Wildman–Crippen MR) is 127 cm³/mol. The van der Waals surface area contributed by atoms with Crippen LogP contribution in [0.5, 0.6) is 5.75 Å². The topological polar surface area (TPSA) is 145 Å². The van der Waals surface area contributed by atoms with E-state index in [1.165, 1.54) is 37.4 Å². The molecule has 3 amide bonds. The maximum absolute atomic E-state index is 13.0. The van der Waals surface area contributed by atoms with Crippen molar-refractivity contribution in [2.24, 2.45) is 0 Å². The van der Waals surface area contributed by atoms with Gasteiger partial charge in [-0.05, 0) is 42.8 Å². The maximum Gasteiger partial charge on any atom is 0.338 e. The number of non-ortho nitro benzene ring substituents is 1. The Labute approximate surface area is 204 Å². The Morgan fingerprint density at radius 1 is 1.00 bits per heavy atom. The molecule has 182 valence electrons. The Bertz CT molecular complexity index is 1430. The second kappa shape index (κ2) is 9.66. The number of amides is 3. The van der Waals surface area contributed by atoms with Gasteiger partial charge in [-0.15, -0.1) is 0 Å². The number of rotatable bonds is 7. The standard InChI is InChI=1S/C25H19N3O8/c1-14-5-3-4-6-20(14)27-23(30)17-9-7-15(11-18(17)24(27)31)25(32)36-13-22(29)26-19-10-8-16(28(33)34)12-21(19)35-2/h3-12H,13H2,1-2H3,(H,26,29). The van der Waals surface area contributed by atoms with E-state index in [1.54, 1.807) is 31.2 Å². The number of carbonyl (C=O) groups is 4. The average Bonchev–Trinajstić information content (AvgIpc) is 3.12. The summed E-state index contributed by atoms with van der Waals surface area (Å²) in [6, 6.07) is 14.5. The molecule has 11 nitrogen and oxygen atoms in total. The number of ether oxygens (including phenoxy) is 2. The number of anilines is 2. The first kappa shape index (κ1) is 24.1. The minimum atomic E-state index is -0.877. The summed E-state index contributed by atoms with van der Waals surface area (Å²) in [5.74, 6) is -2.60. The fourth-order valence-corrected chi connectivity index (χ4v) is 3.70. The van der Waals surface area contributed by atoms with Gasteiger partial charge in [0.05, 0.1) is 46.2 Å². The summed E-state index contributed by atoms with van der Waals surface area (Å²) in [6.07, 6.45) is 0. The van der Waals surface area contributed by atoms with Crippen molar-refractivity contribution in [2.75, 3.05) is 23.9 Å². The second-order valence-corrected chi connectivity index (χ2v) is 7.76. The predicted octanol–water partition coefficient (Wildman–Crippen LogP) is 3.51. The lowest BCUT2D eigenvalue weighted by molar-refractivity contribution is -0.384. The van der Waals surface area contributed by atoms with Gasteiger partial charge in [0.1, 0.15) is 5.75 Å². The van der Waals surface area contributed by atoms with Gasteiger partial charge in [0.2, 0.25) is 0 Å². The zero-order chi connectivity index (χ0) is 26.0. The third kappa shape index (κ3) is 4.49. The van der Waals surface area contributed by atoms with E-state index in [-0.39, 0.29) is 33.8 Å². The summed E-state index contributed by atoms with van der Waals surface area (Å²) < 4.78 is 10.1. The Morgan fingerprint density at radius 3 is 2.42 bits per heavy atom. The zero-order valence-corrected chi connectivity index (χ0v) is 19.1. The lowest BCUT2D eigenvalue weighted by atomic mass is 10.1. The fourth-order valence-electron chi connectivity index (χ4n) is 3.70. The van der Waals surface area contributed by atoms with E-state index in [0.29, 0.717) is 5.69 Å². The fraction of sp³-hybridized carbons (Fsp3) is 0.120. The van der Waals surface area contributed by atoms with Crippen molar-refractivity contribution >= 4 is 40.8 Å². The number of methoxy groups -OCH3 is 1. The number of imide groups is 1. The smallest absolute Gasteiger partial charge is 0.338 e. The monoisotopic (exact) mass is 489 g/mol. The number of hydrogen-bond donors (Lipinski definition) is 1. The third-order valence-electron chi connectivity index (χ3n) is 5.48. The van der Waals surface area contributed by atoms with E-state index in [0.717, 1.165) is 16.5 Å². The number of nitro groups is 1. The van der Waals surface area contributed by atoms with Crippen molar-refractivity contribution in [3.05, 3.63) is 93.0 Å². The van der Waals surface area contributed by atoms with Crippen molar-refractivity contribution in [1.82, 2.24) is 0 Å². The first-order valence-electron chi connectivity index (χ1n) is 10.6. The summed E-state index contributed by atoms with van der Waals surface area (Å²) in [7, 11) is 1.29. The molecule has 0 aromatic heterocycles. The summed E-state index contributed by atoms with van der Waals surface area (Å²) in [5, 5.41) is 13.3. The van der Waals surface area contributed by atoms with Crippen LogP contribution < -0.4 is 15.0 Å². The van der Waals surface area contributed by atoms with Gasteiger partial charge in [-0.3, -0.25) is 24.5 Å². The lowest BCUT2D eigenvalue weighted by Crippen LogP contribution is -2.29. The zero-order valence-electron chi connectivity index (χ0n) is 19.1. The van der Waals surface area contributed by atoms with Gasteiger partial charge in [-0.25, -0.2) is 9.69 Å². The van der Waals surface area contributed by atoms with Crippen molar-refractivity contribution in [3.63, 3.8) is 0 Å². The van der Waals surface area contributed by atoms with Crippen LogP contribution in [0.3, 0.4) is 0 Å². The Hall–Kier alpha value is -5.06. The maximum atomic E-state index is 13.0. The Kier molecular flexibility index (Phi) is 6.46. The Balaban J connectivity index is 1.44. The van der Waals surface area contributed by atoms with Gasteiger partial charge < -0.3 is 14.8 Å². The van der Waals surface area contributed by atoms with Gasteiger partial charge in [0, 0.05) is 6.07 Å². The molecule has 1 N–H and O–H groups in total. The number of fused-ring (bicyclic) bond motifs is 1. The van der Waals surface area contributed by atoms with Crippen molar-refractivity contribution in [2.45, 2.75) is 6.92 Å². The van der Waals surface area contributed by atoms with Crippen molar-refractivity contribution < 1.29 is 33.6 Å². The number of nitrogens with zero attached hydrogens (tertiary/aromatic N) is 2. The van der Waals surface area contributed by atoms with Crippen LogP contribution in [-0.4, -0.2) is 42.3 Å². The molecule has 11 heteroatoms. The molecule has 4 rings (SSSR count). The van der Waals surface area contributed by atoms with Crippen molar-refractivity contribution in [1.29, 1.82) is 0 Å². The molecular weight excluding hydrogens is 470 g/mol. The minimum Gasteiger partial charge on any atom is -0.494 e. The highest BCUT2D eigenvalue weighted by molar-refractivity contribution is 6.35. The normalized spacial score (nSPS) is 12.2. The Morgan fingerprint density at radius 2 is 1.72 bits per heavy atom. The van der Waals surface area contributed by atoms with E-state index in [4.69, 9.17) is 9.47 Å². The van der Waals surface area contributed by atoms with E-state index >= 15 is 0 Å². The molecule has 0 unspecified atom stereocenters. The summed E-state index contributed by atoms with van der Waals surface area (Å²) >= 11 is 0. The molecule has 3 aromatic rings. The molecule has 1 aliphatic rings. The van der Waals surface area contributed by atoms with E-state index in [1.807, 2.05) is 0 Å². The number of carbonyl (C=O) groups excluding carboxylic acids is 4. The first-order chi connectivity index (χ1) is 17.2. The molecule has 0 spiro atoms. The van der Waals surface area contributed by atoms with Gasteiger partial charge in [0.25, 0.3) is 23.4 Å². The number of benzene rings is 3. The van der Waals surface area contributed by atoms with Gasteiger partial charge >= 0.3 is 5.97 Å². The molecule has 0 saturated heterocycles. The van der Waals surface area contributed by atoms with Crippen molar-refractivity contribution in [3.8, 4) is 5.75 Å². The largest absolute Gasteiger partial charge is 0.494 e. The van der Waals surface area contributed by atoms with Crippen LogP contribution in [0.25, 0.3) is 0 Å². The highest BCUT2D eigenvalue weighted by Gasteiger charge is 2.37. The third-order valence-corrected chi connectivity index (χ3v) is 5.48. The highest BCUT2D eigenvalue weighted by Crippen LogP contribution is 2.31. The van der Waals surface area contributed by atoms with Crippen LogP contribution in [0.2, 0.25) is 0 Å². The molecule has 0 fully saturated rings. The van der Waals surface area contributed by atoms with Gasteiger partial charge in [-0.2, -0.15) is 0 Å². The number of esters is 1. The number of nitrogens with one attached hydrogen (secondary N) is 1. The number of para-hydroxylation sites is 1. The van der Waals surface area contributed by atoms with E-state index in [9.17, 15) is 29.3 Å². The number of nitro benzene ring substituents is 1. The van der Waals surface area contributed by atoms with Crippen LogP contribution in [-0.2, 0) is 9.53 Å². The van der Waals surface area contributed by atoms with E-state index in [2.05, 4.69) is 5.32 Å². The lowest BCUT2D eigenvalue weighted by Gasteiger charge is -2.16. The van der Waals surface area contributed by atoms with Crippen LogP contribution in [0.15, 0.2) is 60.7 Å². The number of hydrogen-bond acceptors (Lipinski definition) is 8. The summed E-state index contributed by atoms with van der Waals surface area (Å²) in [6.45, 7) is 1.11. The SMILES string of the molecule is COc1cc([N+](=O)[O-])ccc1NC(=O)COC(=O)c1ccc2c(c1)C(=O)N(c1ccccc1C)C2=O. The molecule has 0 atom stereocenters.